The van der Waals surface area contributed by atoms with E-state index in [2.05, 4.69) is 6.92 Å². The van der Waals surface area contributed by atoms with Crippen LogP contribution in [0.25, 0.3) is 0 Å². The number of ether oxygens (including phenoxy) is 1. The van der Waals surface area contributed by atoms with Crippen LogP contribution in [0, 0.1) is 17.1 Å². The van der Waals surface area contributed by atoms with Crippen LogP contribution in [0.1, 0.15) is 38.2 Å². The zero-order valence-electron chi connectivity index (χ0n) is 14.6. The summed E-state index contributed by atoms with van der Waals surface area (Å²) in [7, 11) is 0. The molecule has 0 spiro atoms. The van der Waals surface area contributed by atoms with E-state index in [4.69, 9.17) is 10.00 Å². The third-order valence-corrected chi connectivity index (χ3v) is 5.08. The molecular formula is C19H24FN3O2. The molecule has 1 aromatic rings. The largest absolute Gasteiger partial charge is 0.375 e. The first-order chi connectivity index (χ1) is 12.1. The Morgan fingerprint density at radius 2 is 2.08 bits per heavy atom. The van der Waals surface area contributed by atoms with Crippen molar-refractivity contribution in [2.24, 2.45) is 0 Å². The SMILES string of the molecule is C[C@@H]1CC[C@@H](CCC(=O)N2CCN(c3cccc(F)c3C#N)CC2)O1. The fourth-order valence-electron chi connectivity index (χ4n) is 3.62. The minimum Gasteiger partial charge on any atom is -0.375 e. The molecule has 2 heterocycles. The lowest BCUT2D eigenvalue weighted by molar-refractivity contribution is -0.132. The molecule has 6 heteroatoms. The van der Waals surface area contributed by atoms with Crippen LogP contribution in [0.15, 0.2) is 18.2 Å². The van der Waals surface area contributed by atoms with Crippen molar-refractivity contribution in [3.05, 3.63) is 29.6 Å². The fraction of sp³-hybridized carbons (Fsp3) is 0.579. The van der Waals surface area contributed by atoms with E-state index < -0.39 is 5.82 Å². The van der Waals surface area contributed by atoms with Gasteiger partial charge in [0.1, 0.15) is 17.4 Å². The number of hydrogen-bond donors (Lipinski definition) is 0. The van der Waals surface area contributed by atoms with Crippen molar-refractivity contribution in [2.45, 2.75) is 44.8 Å². The molecule has 0 aliphatic carbocycles. The summed E-state index contributed by atoms with van der Waals surface area (Å²) in [5.74, 6) is -0.341. The van der Waals surface area contributed by atoms with Gasteiger partial charge in [-0.3, -0.25) is 4.79 Å². The zero-order valence-corrected chi connectivity index (χ0v) is 14.6. The molecule has 2 atom stereocenters. The number of benzene rings is 1. The highest BCUT2D eigenvalue weighted by Gasteiger charge is 2.26. The highest BCUT2D eigenvalue weighted by molar-refractivity contribution is 5.76. The molecule has 0 radical (unpaired) electrons. The van der Waals surface area contributed by atoms with E-state index in [0.717, 1.165) is 19.3 Å². The van der Waals surface area contributed by atoms with Gasteiger partial charge in [0.05, 0.1) is 17.9 Å². The lowest BCUT2D eigenvalue weighted by Gasteiger charge is -2.36. The standard InChI is InChI=1S/C19H24FN3O2/c1-14-5-6-15(25-14)7-8-19(24)23-11-9-22(10-12-23)18-4-2-3-17(20)16(18)13-21/h2-4,14-15H,5-12H2,1H3/t14-,15+/m1/s1. The molecule has 134 valence electrons. The van der Waals surface area contributed by atoms with Gasteiger partial charge in [-0.25, -0.2) is 4.39 Å². The molecule has 0 saturated carbocycles. The minimum absolute atomic E-state index is 0.0785. The smallest absolute Gasteiger partial charge is 0.222 e. The molecule has 0 N–H and O–H groups in total. The molecule has 2 saturated heterocycles. The van der Waals surface area contributed by atoms with Crippen molar-refractivity contribution in [3.8, 4) is 6.07 Å². The molecule has 2 fully saturated rings. The van der Waals surface area contributed by atoms with Crippen molar-refractivity contribution < 1.29 is 13.9 Å². The number of rotatable bonds is 4. The van der Waals surface area contributed by atoms with Gasteiger partial charge in [0.15, 0.2) is 0 Å². The first-order valence-corrected chi connectivity index (χ1v) is 8.95. The van der Waals surface area contributed by atoms with Crippen molar-refractivity contribution in [1.29, 1.82) is 5.26 Å². The lowest BCUT2D eigenvalue weighted by Crippen LogP contribution is -2.49. The summed E-state index contributed by atoms with van der Waals surface area (Å²) in [4.78, 5) is 16.2. The Bertz CT molecular complexity index is 665. The minimum atomic E-state index is -0.496. The van der Waals surface area contributed by atoms with Gasteiger partial charge < -0.3 is 14.5 Å². The molecule has 1 aromatic carbocycles. The topological polar surface area (TPSA) is 56.6 Å². The van der Waals surface area contributed by atoms with Gasteiger partial charge in [-0.05, 0) is 38.3 Å². The molecule has 1 amide bonds. The van der Waals surface area contributed by atoms with Crippen LogP contribution in [0.4, 0.5) is 10.1 Å². The second kappa shape index (κ2) is 7.83. The maximum Gasteiger partial charge on any atom is 0.222 e. The van der Waals surface area contributed by atoms with Crippen molar-refractivity contribution in [3.63, 3.8) is 0 Å². The van der Waals surface area contributed by atoms with Crippen LogP contribution in [0.2, 0.25) is 0 Å². The van der Waals surface area contributed by atoms with Crippen LogP contribution in [0.5, 0.6) is 0 Å². The Labute approximate surface area is 148 Å². The van der Waals surface area contributed by atoms with Crippen LogP contribution < -0.4 is 4.90 Å². The van der Waals surface area contributed by atoms with Crippen molar-refractivity contribution in [2.75, 3.05) is 31.1 Å². The molecule has 5 nitrogen and oxygen atoms in total. The van der Waals surface area contributed by atoms with Crippen molar-refractivity contribution >= 4 is 11.6 Å². The Morgan fingerprint density at radius 1 is 1.32 bits per heavy atom. The summed E-state index contributed by atoms with van der Waals surface area (Å²) in [6.07, 6.45) is 3.94. The number of piperazine rings is 1. The molecule has 25 heavy (non-hydrogen) atoms. The Morgan fingerprint density at radius 3 is 2.72 bits per heavy atom. The van der Waals surface area contributed by atoms with Crippen LogP contribution >= 0.6 is 0 Å². The number of nitrogens with zero attached hydrogens (tertiary/aromatic N) is 3. The summed E-state index contributed by atoms with van der Waals surface area (Å²) in [6.45, 7) is 4.49. The van der Waals surface area contributed by atoms with E-state index in [1.807, 2.05) is 15.9 Å². The van der Waals surface area contributed by atoms with Gasteiger partial charge in [-0.1, -0.05) is 6.07 Å². The maximum absolute atomic E-state index is 13.8. The van der Waals surface area contributed by atoms with E-state index in [9.17, 15) is 9.18 Å². The van der Waals surface area contributed by atoms with Crippen LogP contribution in [-0.2, 0) is 9.53 Å². The normalized spacial score (nSPS) is 23.6. The lowest BCUT2D eigenvalue weighted by atomic mass is 10.1. The number of hydrogen-bond acceptors (Lipinski definition) is 4. The Hall–Kier alpha value is -2.13. The number of carbonyl (C=O) groups is 1. The molecule has 0 aromatic heterocycles. The molecular weight excluding hydrogens is 321 g/mol. The molecule has 0 unspecified atom stereocenters. The monoisotopic (exact) mass is 345 g/mol. The highest BCUT2D eigenvalue weighted by Crippen LogP contribution is 2.25. The summed E-state index contributed by atoms with van der Waals surface area (Å²) >= 11 is 0. The van der Waals surface area contributed by atoms with Gasteiger partial charge in [-0.2, -0.15) is 5.26 Å². The summed E-state index contributed by atoms with van der Waals surface area (Å²) < 4.78 is 19.5. The third kappa shape index (κ3) is 4.10. The number of amides is 1. The molecule has 2 aliphatic rings. The quantitative estimate of drug-likeness (QED) is 0.842. The van der Waals surface area contributed by atoms with Crippen LogP contribution in [0.3, 0.4) is 0 Å². The maximum atomic E-state index is 13.8. The predicted octanol–water partition coefficient (Wildman–Crippen LogP) is 2.69. The zero-order chi connectivity index (χ0) is 17.8. The van der Waals surface area contributed by atoms with Crippen molar-refractivity contribution in [1.82, 2.24) is 4.90 Å². The summed E-state index contributed by atoms with van der Waals surface area (Å²) in [5.41, 5.74) is 0.692. The number of nitriles is 1. The average molecular weight is 345 g/mol. The second-order valence-electron chi connectivity index (χ2n) is 6.80. The van der Waals surface area contributed by atoms with Crippen LogP contribution in [-0.4, -0.2) is 49.2 Å². The van der Waals surface area contributed by atoms with E-state index in [1.165, 1.54) is 6.07 Å². The third-order valence-electron chi connectivity index (χ3n) is 5.08. The predicted molar refractivity (Wildman–Crippen MR) is 92.7 cm³/mol. The van der Waals surface area contributed by atoms with Gasteiger partial charge in [0.25, 0.3) is 0 Å². The van der Waals surface area contributed by atoms with E-state index in [0.29, 0.717) is 44.4 Å². The number of halogens is 1. The molecule has 0 bridgehead atoms. The summed E-state index contributed by atoms with van der Waals surface area (Å²) in [6, 6.07) is 6.62. The molecule has 2 aliphatic heterocycles. The Balaban J connectivity index is 1.51. The Kier molecular flexibility index (Phi) is 5.54. The van der Waals surface area contributed by atoms with Gasteiger partial charge >= 0.3 is 0 Å². The highest BCUT2D eigenvalue weighted by atomic mass is 19.1. The van der Waals surface area contributed by atoms with E-state index >= 15 is 0 Å². The van der Waals surface area contributed by atoms with Gasteiger partial charge in [0, 0.05) is 32.6 Å². The van der Waals surface area contributed by atoms with E-state index in [1.54, 1.807) is 12.1 Å². The number of anilines is 1. The molecule has 3 rings (SSSR count). The number of carbonyl (C=O) groups excluding carboxylic acids is 1. The first kappa shape index (κ1) is 17.7. The van der Waals surface area contributed by atoms with Gasteiger partial charge in [0.2, 0.25) is 5.91 Å². The van der Waals surface area contributed by atoms with E-state index in [-0.39, 0.29) is 17.6 Å². The van der Waals surface area contributed by atoms with Gasteiger partial charge in [-0.15, -0.1) is 0 Å². The fourth-order valence-corrected chi connectivity index (χ4v) is 3.62. The second-order valence-corrected chi connectivity index (χ2v) is 6.80. The summed E-state index contributed by atoms with van der Waals surface area (Å²) in [5, 5.41) is 9.17. The first-order valence-electron chi connectivity index (χ1n) is 8.95. The average Bonchev–Trinajstić information content (AvgIpc) is 3.05.